The van der Waals surface area contributed by atoms with Gasteiger partial charge >= 0.3 is 6.03 Å². The fourth-order valence-electron chi connectivity index (χ4n) is 2.43. The van der Waals surface area contributed by atoms with Crippen LogP contribution < -0.4 is 16.4 Å². The molecule has 0 fully saturated rings. The quantitative estimate of drug-likeness (QED) is 0.637. The Labute approximate surface area is 172 Å². The van der Waals surface area contributed by atoms with Gasteiger partial charge in [-0.1, -0.05) is 41.4 Å². The molecule has 0 spiro atoms. The van der Waals surface area contributed by atoms with Gasteiger partial charge in [0.15, 0.2) is 0 Å². The lowest BCUT2D eigenvalue weighted by Gasteiger charge is -2.21. The molecule has 4 N–H and O–H groups in total. The number of urea groups is 1. The number of halogens is 2. The number of hydrogen-bond donors (Lipinski definition) is 3. The van der Waals surface area contributed by atoms with E-state index in [0.717, 1.165) is 5.56 Å². The maximum atomic E-state index is 12.7. The van der Waals surface area contributed by atoms with Crippen molar-refractivity contribution in [1.29, 1.82) is 0 Å². The third-order valence-corrected chi connectivity index (χ3v) is 4.53. The van der Waals surface area contributed by atoms with E-state index in [-0.39, 0.29) is 19.0 Å². The van der Waals surface area contributed by atoms with Crippen LogP contribution in [0.15, 0.2) is 42.5 Å². The Balaban J connectivity index is 2.02. The molecule has 0 heterocycles. The average Bonchev–Trinajstić information content (AvgIpc) is 2.67. The summed E-state index contributed by atoms with van der Waals surface area (Å²) in [6.07, 6.45) is 0. The minimum Gasteiger partial charge on any atom is -0.352 e. The van der Waals surface area contributed by atoms with E-state index in [1.807, 2.05) is 0 Å². The van der Waals surface area contributed by atoms with Gasteiger partial charge < -0.3 is 21.3 Å². The van der Waals surface area contributed by atoms with Crippen LogP contribution in [0, 0.1) is 0 Å². The van der Waals surface area contributed by atoms with Crippen LogP contribution in [-0.4, -0.2) is 35.8 Å². The standard InChI is InChI=1S/C19H20Cl2N4O3/c1-2-25(11-16(26)24-17-14(20)4-3-5-15(17)21)18(27)13-8-6-12(7-9-13)10-23-19(22)28/h3-9H,2,10-11H2,1H3,(H,24,26)(H3,22,23,28). The van der Waals surface area contributed by atoms with Crippen molar-refractivity contribution in [2.45, 2.75) is 13.5 Å². The first kappa shape index (κ1) is 21.5. The normalized spacial score (nSPS) is 10.2. The van der Waals surface area contributed by atoms with Crippen LogP contribution in [-0.2, 0) is 11.3 Å². The average molecular weight is 423 g/mol. The molecule has 2 aromatic rings. The third-order valence-electron chi connectivity index (χ3n) is 3.90. The molecule has 0 aliphatic heterocycles. The Morgan fingerprint density at radius 2 is 1.64 bits per heavy atom. The molecular weight excluding hydrogens is 403 g/mol. The second-order valence-electron chi connectivity index (χ2n) is 5.88. The molecule has 0 bridgehead atoms. The van der Waals surface area contributed by atoms with Gasteiger partial charge in [-0.25, -0.2) is 4.79 Å². The number of rotatable bonds is 7. The van der Waals surface area contributed by atoms with E-state index >= 15 is 0 Å². The van der Waals surface area contributed by atoms with Crippen molar-refractivity contribution in [2.24, 2.45) is 5.73 Å². The molecular formula is C19H20Cl2N4O3. The minimum absolute atomic E-state index is 0.151. The summed E-state index contributed by atoms with van der Waals surface area (Å²) >= 11 is 12.1. The Kier molecular flexibility index (Phi) is 7.66. The second kappa shape index (κ2) is 9.96. The van der Waals surface area contributed by atoms with E-state index in [2.05, 4.69) is 10.6 Å². The smallest absolute Gasteiger partial charge is 0.312 e. The molecule has 9 heteroatoms. The van der Waals surface area contributed by atoms with E-state index in [4.69, 9.17) is 28.9 Å². The number of primary amides is 1. The summed E-state index contributed by atoms with van der Waals surface area (Å²) in [5, 5.41) is 5.74. The van der Waals surface area contributed by atoms with Gasteiger partial charge in [0.05, 0.1) is 15.7 Å². The Morgan fingerprint density at radius 1 is 1.04 bits per heavy atom. The van der Waals surface area contributed by atoms with Gasteiger partial charge in [-0.3, -0.25) is 9.59 Å². The highest BCUT2D eigenvalue weighted by Crippen LogP contribution is 2.29. The van der Waals surface area contributed by atoms with Crippen molar-refractivity contribution in [3.8, 4) is 0 Å². The van der Waals surface area contributed by atoms with Gasteiger partial charge in [0, 0.05) is 18.7 Å². The summed E-state index contributed by atoms with van der Waals surface area (Å²) in [5.74, 6) is -0.704. The predicted molar refractivity (Wildman–Crippen MR) is 110 cm³/mol. The highest BCUT2D eigenvalue weighted by molar-refractivity contribution is 6.39. The number of para-hydroxylation sites is 1. The summed E-state index contributed by atoms with van der Waals surface area (Å²) < 4.78 is 0. The number of likely N-dealkylation sites (N-methyl/N-ethyl adjacent to an activating group) is 1. The summed E-state index contributed by atoms with van der Waals surface area (Å²) in [7, 11) is 0. The first-order valence-corrected chi connectivity index (χ1v) is 9.22. The van der Waals surface area contributed by atoms with Crippen LogP contribution >= 0.6 is 23.2 Å². The zero-order valence-corrected chi connectivity index (χ0v) is 16.7. The van der Waals surface area contributed by atoms with E-state index in [9.17, 15) is 14.4 Å². The highest BCUT2D eigenvalue weighted by Gasteiger charge is 2.18. The topological polar surface area (TPSA) is 105 Å². The molecule has 0 atom stereocenters. The number of nitrogens with zero attached hydrogens (tertiary/aromatic N) is 1. The van der Waals surface area contributed by atoms with Crippen molar-refractivity contribution < 1.29 is 14.4 Å². The number of carbonyl (C=O) groups excluding carboxylic acids is 3. The van der Waals surface area contributed by atoms with E-state index in [1.165, 1.54) is 4.90 Å². The van der Waals surface area contributed by atoms with E-state index < -0.39 is 11.9 Å². The monoisotopic (exact) mass is 422 g/mol. The van der Waals surface area contributed by atoms with Gasteiger partial charge in [0.2, 0.25) is 5.91 Å². The number of carbonyl (C=O) groups is 3. The summed E-state index contributed by atoms with van der Waals surface area (Å²) in [6, 6.07) is 11.0. The van der Waals surface area contributed by atoms with Crippen molar-refractivity contribution in [3.63, 3.8) is 0 Å². The summed E-state index contributed by atoms with van der Waals surface area (Å²) in [6.45, 7) is 2.23. The summed E-state index contributed by atoms with van der Waals surface area (Å²) in [5.41, 5.74) is 6.56. The molecule has 0 radical (unpaired) electrons. The molecule has 28 heavy (non-hydrogen) atoms. The number of anilines is 1. The van der Waals surface area contributed by atoms with Gasteiger partial charge in [0.1, 0.15) is 6.54 Å². The lowest BCUT2D eigenvalue weighted by molar-refractivity contribution is -0.116. The first-order chi connectivity index (χ1) is 13.3. The van der Waals surface area contributed by atoms with Crippen LogP contribution in [0.2, 0.25) is 10.0 Å². The molecule has 4 amide bonds. The van der Waals surface area contributed by atoms with Crippen LogP contribution in [0.5, 0.6) is 0 Å². The fourth-order valence-corrected chi connectivity index (χ4v) is 2.93. The van der Waals surface area contributed by atoms with Crippen LogP contribution in [0.4, 0.5) is 10.5 Å². The van der Waals surface area contributed by atoms with Crippen LogP contribution in [0.1, 0.15) is 22.8 Å². The van der Waals surface area contributed by atoms with Crippen molar-refractivity contribution in [1.82, 2.24) is 10.2 Å². The zero-order valence-electron chi connectivity index (χ0n) is 15.2. The number of amides is 4. The maximum Gasteiger partial charge on any atom is 0.312 e. The lowest BCUT2D eigenvalue weighted by Crippen LogP contribution is -2.38. The van der Waals surface area contributed by atoms with Crippen molar-refractivity contribution >= 4 is 46.7 Å². The minimum atomic E-state index is -0.623. The van der Waals surface area contributed by atoms with Gasteiger partial charge in [-0.05, 0) is 36.8 Å². The molecule has 0 aliphatic carbocycles. The molecule has 7 nitrogen and oxygen atoms in total. The first-order valence-electron chi connectivity index (χ1n) is 8.47. The van der Waals surface area contributed by atoms with Gasteiger partial charge in [-0.15, -0.1) is 0 Å². The molecule has 0 aliphatic rings. The molecule has 0 aromatic heterocycles. The molecule has 0 saturated heterocycles. The molecule has 0 saturated carbocycles. The second-order valence-corrected chi connectivity index (χ2v) is 6.69. The van der Waals surface area contributed by atoms with Gasteiger partial charge in [-0.2, -0.15) is 0 Å². The Morgan fingerprint density at radius 3 is 2.18 bits per heavy atom. The Hall–Kier alpha value is -2.77. The number of nitrogens with one attached hydrogen (secondary N) is 2. The molecule has 0 unspecified atom stereocenters. The molecule has 148 valence electrons. The van der Waals surface area contributed by atoms with Crippen LogP contribution in [0.25, 0.3) is 0 Å². The van der Waals surface area contributed by atoms with Gasteiger partial charge in [0.25, 0.3) is 5.91 Å². The van der Waals surface area contributed by atoms with Crippen LogP contribution in [0.3, 0.4) is 0 Å². The van der Waals surface area contributed by atoms with E-state index in [0.29, 0.717) is 27.8 Å². The van der Waals surface area contributed by atoms with Crippen molar-refractivity contribution in [3.05, 3.63) is 63.6 Å². The Bertz CT molecular complexity index is 852. The summed E-state index contributed by atoms with van der Waals surface area (Å²) in [4.78, 5) is 37.2. The number of nitrogens with two attached hydrogens (primary N) is 1. The number of benzene rings is 2. The fraction of sp³-hybridized carbons (Fsp3) is 0.211. The SMILES string of the molecule is CCN(CC(=O)Nc1c(Cl)cccc1Cl)C(=O)c1ccc(CNC(N)=O)cc1. The molecule has 2 rings (SSSR count). The van der Waals surface area contributed by atoms with Crippen molar-refractivity contribution in [2.75, 3.05) is 18.4 Å². The highest BCUT2D eigenvalue weighted by atomic mass is 35.5. The predicted octanol–water partition coefficient (Wildman–Crippen LogP) is 3.26. The number of hydrogen-bond acceptors (Lipinski definition) is 3. The third kappa shape index (κ3) is 5.87. The largest absolute Gasteiger partial charge is 0.352 e. The molecule has 2 aromatic carbocycles. The lowest BCUT2D eigenvalue weighted by atomic mass is 10.1. The zero-order chi connectivity index (χ0) is 20.7. The maximum absolute atomic E-state index is 12.7. The van der Waals surface area contributed by atoms with E-state index in [1.54, 1.807) is 49.4 Å².